The molecular weight excluding hydrogens is 126 g/mol. The number of nitrogens with one attached hydrogen (secondary N) is 1. The molecule has 1 aromatic heterocycles. The molecule has 1 heterocycles. The molecule has 0 fully saturated rings. The van der Waals surface area contributed by atoms with E-state index in [1.807, 2.05) is 0 Å². The number of hydrogen-bond acceptors (Lipinski definition) is 3. The average Bonchev–Trinajstić information content (AvgIpc) is 2.04. The van der Waals surface area contributed by atoms with Gasteiger partial charge in [0.05, 0.1) is 5.56 Å². The zero-order valence-corrected chi connectivity index (χ0v) is 5.33. The van der Waals surface area contributed by atoms with Crippen LogP contribution in [-0.4, -0.2) is 4.98 Å². The highest BCUT2D eigenvalue weighted by Crippen LogP contribution is 2.06. The maximum absolute atomic E-state index is 5.14. The highest BCUT2D eigenvalue weighted by Gasteiger charge is 1.94. The van der Waals surface area contributed by atoms with Crippen molar-refractivity contribution in [3.8, 4) is 12.3 Å². The maximum atomic E-state index is 5.14. The largest absolute Gasteiger partial charge is 0.307 e. The van der Waals surface area contributed by atoms with E-state index in [0.717, 1.165) is 0 Å². The number of nitrogen functional groups attached to an aromatic ring is 1. The third kappa shape index (κ3) is 1.07. The van der Waals surface area contributed by atoms with Crippen LogP contribution in [0.5, 0.6) is 0 Å². The molecule has 1 rings (SSSR count). The van der Waals surface area contributed by atoms with Crippen LogP contribution in [0, 0.1) is 12.3 Å². The number of rotatable bonds is 1. The van der Waals surface area contributed by atoms with Crippen LogP contribution in [-0.2, 0) is 0 Å². The Morgan fingerprint density at radius 3 is 3.00 bits per heavy atom. The average molecular weight is 133 g/mol. The van der Waals surface area contributed by atoms with Crippen LogP contribution in [0.3, 0.4) is 0 Å². The van der Waals surface area contributed by atoms with Crippen molar-refractivity contribution in [2.24, 2.45) is 5.84 Å². The van der Waals surface area contributed by atoms with Gasteiger partial charge in [0, 0.05) is 6.20 Å². The summed E-state index contributed by atoms with van der Waals surface area (Å²) in [6.07, 6.45) is 6.76. The van der Waals surface area contributed by atoms with E-state index in [9.17, 15) is 0 Å². The first-order valence-electron chi connectivity index (χ1n) is 2.76. The van der Waals surface area contributed by atoms with Gasteiger partial charge in [-0.15, -0.1) is 6.42 Å². The fraction of sp³-hybridized carbons (Fsp3) is 0. The molecule has 0 aromatic carbocycles. The van der Waals surface area contributed by atoms with Crippen molar-refractivity contribution in [1.29, 1.82) is 0 Å². The molecule has 0 aliphatic heterocycles. The fourth-order valence-corrected chi connectivity index (χ4v) is 0.637. The van der Waals surface area contributed by atoms with Crippen molar-refractivity contribution in [2.45, 2.75) is 0 Å². The van der Waals surface area contributed by atoms with Crippen LogP contribution >= 0.6 is 0 Å². The monoisotopic (exact) mass is 133 g/mol. The minimum absolute atomic E-state index is 0.532. The van der Waals surface area contributed by atoms with Crippen molar-refractivity contribution in [1.82, 2.24) is 4.98 Å². The Hall–Kier alpha value is -1.53. The Balaban J connectivity index is 3.12. The van der Waals surface area contributed by atoms with E-state index in [4.69, 9.17) is 12.3 Å². The molecule has 0 bridgehead atoms. The highest BCUT2D eigenvalue weighted by molar-refractivity contribution is 5.51. The summed E-state index contributed by atoms with van der Waals surface area (Å²) in [5.74, 6) is 8.09. The number of terminal acetylenes is 1. The molecule has 0 atom stereocenters. The first-order chi connectivity index (χ1) is 4.88. The quantitative estimate of drug-likeness (QED) is 0.330. The van der Waals surface area contributed by atoms with Crippen LogP contribution in [0.2, 0.25) is 0 Å². The zero-order chi connectivity index (χ0) is 7.40. The van der Waals surface area contributed by atoms with Crippen LogP contribution in [0.25, 0.3) is 0 Å². The van der Waals surface area contributed by atoms with Gasteiger partial charge >= 0.3 is 0 Å². The summed E-state index contributed by atoms with van der Waals surface area (Å²) in [5.41, 5.74) is 3.06. The summed E-state index contributed by atoms with van der Waals surface area (Å²) in [4.78, 5) is 3.89. The molecule has 0 amide bonds. The van der Waals surface area contributed by atoms with Gasteiger partial charge in [-0.25, -0.2) is 10.8 Å². The highest BCUT2D eigenvalue weighted by atomic mass is 15.2. The van der Waals surface area contributed by atoms with Gasteiger partial charge in [-0.05, 0) is 12.1 Å². The van der Waals surface area contributed by atoms with E-state index in [0.29, 0.717) is 11.4 Å². The molecule has 0 saturated carbocycles. The van der Waals surface area contributed by atoms with Crippen LogP contribution in [0.15, 0.2) is 18.3 Å². The maximum Gasteiger partial charge on any atom is 0.155 e. The topological polar surface area (TPSA) is 50.9 Å². The van der Waals surface area contributed by atoms with Crippen molar-refractivity contribution < 1.29 is 0 Å². The van der Waals surface area contributed by atoms with Gasteiger partial charge in [-0.1, -0.05) is 5.92 Å². The zero-order valence-electron chi connectivity index (χ0n) is 5.33. The molecule has 0 aliphatic rings. The van der Waals surface area contributed by atoms with E-state index >= 15 is 0 Å². The lowest BCUT2D eigenvalue weighted by Gasteiger charge is -1.98. The summed E-state index contributed by atoms with van der Waals surface area (Å²) >= 11 is 0. The summed E-state index contributed by atoms with van der Waals surface area (Å²) in [6.45, 7) is 0. The van der Waals surface area contributed by atoms with Gasteiger partial charge in [0.25, 0.3) is 0 Å². The number of pyridine rings is 1. The molecule has 50 valence electrons. The normalized spacial score (nSPS) is 8.40. The van der Waals surface area contributed by atoms with Crippen LogP contribution in [0.4, 0.5) is 5.82 Å². The van der Waals surface area contributed by atoms with Gasteiger partial charge in [0.1, 0.15) is 0 Å². The number of hydrogen-bond donors (Lipinski definition) is 2. The Labute approximate surface area is 59.2 Å². The Morgan fingerprint density at radius 1 is 1.70 bits per heavy atom. The van der Waals surface area contributed by atoms with Crippen molar-refractivity contribution in [2.75, 3.05) is 5.43 Å². The number of aromatic nitrogens is 1. The molecule has 10 heavy (non-hydrogen) atoms. The molecule has 0 saturated heterocycles. The number of anilines is 1. The summed E-state index contributed by atoms with van der Waals surface area (Å²) < 4.78 is 0. The first kappa shape index (κ1) is 6.59. The summed E-state index contributed by atoms with van der Waals surface area (Å²) in [6, 6.07) is 3.53. The van der Waals surface area contributed by atoms with Gasteiger partial charge < -0.3 is 5.43 Å². The molecule has 0 aliphatic carbocycles. The minimum atomic E-state index is 0.532. The van der Waals surface area contributed by atoms with Crippen LogP contribution in [0.1, 0.15) is 5.56 Å². The third-order valence-corrected chi connectivity index (χ3v) is 1.10. The molecule has 3 heteroatoms. The predicted octanol–water partition coefficient (Wildman–Crippen LogP) is 0.349. The molecule has 3 N–H and O–H groups in total. The fourth-order valence-electron chi connectivity index (χ4n) is 0.637. The molecule has 0 unspecified atom stereocenters. The Kier molecular flexibility index (Phi) is 1.88. The summed E-state index contributed by atoms with van der Waals surface area (Å²) in [5, 5.41) is 0. The van der Waals surface area contributed by atoms with Gasteiger partial charge in [0.2, 0.25) is 0 Å². The molecule has 3 nitrogen and oxygen atoms in total. The second kappa shape index (κ2) is 2.85. The second-order valence-electron chi connectivity index (χ2n) is 1.69. The third-order valence-electron chi connectivity index (χ3n) is 1.10. The van der Waals surface area contributed by atoms with Gasteiger partial charge in [0.15, 0.2) is 5.82 Å². The van der Waals surface area contributed by atoms with Crippen molar-refractivity contribution >= 4 is 5.82 Å². The Bertz CT molecular complexity index is 262. The van der Waals surface area contributed by atoms with Crippen molar-refractivity contribution in [3.05, 3.63) is 23.9 Å². The van der Waals surface area contributed by atoms with E-state index in [1.54, 1.807) is 18.3 Å². The van der Waals surface area contributed by atoms with Crippen molar-refractivity contribution in [3.63, 3.8) is 0 Å². The molecule has 1 aromatic rings. The lowest BCUT2D eigenvalue weighted by Crippen LogP contribution is -2.09. The van der Waals surface area contributed by atoms with Gasteiger partial charge in [-0.2, -0.15) is 0 Å². The van der Waals surface area contributed by atoms with E-state index < -0.39 is 0 Å². The standard InChI is InChI=1S/C7H7N3/c1-2-6-4-3-5-9-7(6)10-8/h1,3-5H,8H2,(H,9,10). The lowest BCUT2D eigenvalue weighted by atomic mass is 10.3. The predicted molar refractivity (Wildman–Crippen MR) is 40.0 cm³/mol. The van der Waals surface area contributed by atoms with E-state index in [2.05, 4.69) is 16.3 Å². The first-order valence-corrected chi connectivity index (χ1v) is 2.76. The molecular formula is C7H7N3. The number of nitrogens with two attached hydrogens (primary N) is 1. The number of nitrogens with zero attached hydrogens (tertiary/aromatic N) is 1. The van der Waals surface area contributed by atoms with Gasteiger partial charge in [-0.3, -0.25) is 0 Å². The minimum Gasteiger partial charge on any atom is -0.307 e. The van der Waals surface area contributed by atoms with E-state index in [-0.39, 0.29) is 0 Å². The lowest BCUT2D eigenvalue weighted by molar-refractivity contribution is 1.22. The summed E-state index contributed by atoms with van der Waals surface area (Å²) in [7, 11) is 0. The van der Waals surface area contributed by atoms with Crippen LogP contribution < -0.4 is 11.3 Å². The smallest absolute Gasteiger partial charge is 0.155 e. The van der Waals surface area contributed by atoms with E-state index in [1.165, 1.54) is 0 Å². The SMILES string of the molecule is C#Cc1cccnc1NN. The number of hydrazine groups is 1. The Morgan fingerprint density at radius 2 is 2.50 bits per heavy atom. The molecule has 0 radical (unpaired) electrons. The second-order valence-corrected chi connectivity index (χ2v) is 1.69. The molecule has 0 spiro atoms.